The van der Waals surface area contributed by atoms with E-state index in [9.17, 15) is 14.4 Å². The van der Waals surface area contributed by atoms with E-state index in [4.69, 9.17) is 4.74 Å². The fourth-order valence-electron chi connectivity index (χ4n) is 3.62. The minimum absolute atomic E-state index is 0.0741. The summed E-state index contributed by atoms with van der Waals surface area (Å²) < 4.78 is 5.42. The summed E-state index contributed by atoms with van der Waals surface area (Å²) in [6, 6.07) is 6.00. The van der Waals surface area contributed by atoms with Crippen LogP contribution in [0.1, 0.15) is 91.8 Å². The Balaban J connectivity index is 3.42. The highest BCUT2D eigenvalue weighted by Gasteiger charge is 2.36. The lowest BCUT2D eigenvalue weighted by molar-refractivity contribution is -0.143. The van der Waals surface area contributed by atoms with Gasteiger partial charge in [-0.05, 0) is 65.9 Å². The molecular formula is C27H45N3O4. The number of ether oxygens (including phenoxy) is 1. The van der Waals surface area contributed by atoms with Crippen LogP contribution in [0.2, 0.25) is 0 Å². The average molecular weight is 476 g/mol. The van der Waals surface area contributed by atoms with Crippen molar-refractivity contribution < 1.29 is 19.1 Å². The van der Waals surface area contributed by atoms with Gasteiger partial charge in [0.25, 0.3) is 0 Å². The molecular weight excluding hydrogens is 430 g/mol. The SMILES string of the molecule is CCCCN(C(=O)C(CC(C)C)NC(=O)OC(C)(C)C)C(C(=O)NC(C)C)c1ccc(C)cc1. The van der Waals surface area contributed by atoms with Gasteiger partial charge in [0.15, 0.2) is 0 Å². The second kappa shape index (κ2) is 13.4. The van der Waals surface area contributed by atoms with Crippen LogP contribution in [-0.4, -0.2) is 47.0 Å². The molecule has 0 saturated heterocycles. The van der Waals surface area contributed by atoms with Gasteiger partial charge >= 0.3 is 6.09 Å². The molecule has 2 atom stereocenters. The summed E-state index contributed by atoms with van der Waals surface area (Å²) in [6.45, 7) is 17.6. The van der Waals surface area contributed by atoms with Gasteiger partial charge in [-0.25, -0.2) is 4.79 Å². The monoisotopic (exact) mass is 475 g/mol. The largest absolute Gasteiger partial charge is 0.444 e. The van der Waals surface area contributed by atoms with Gasteiger partial charge in [0.1, 0.15) is 17.7 Å². The zero-order chi connectivity index (χ0) is 26.1. The first-order valence-electron chi connectivity index (χ1n) is 12.4. The number of rotatable bonds is 11. The smallest absolute Gasteiger partial charge is 0.408 e. The minimum Gasteiger partial charge on any atom is -0.444 e. The summed E-state index contributed by atoms with van der Waals surface area (Å²) in [4.78, 5) is 41.5. The van der Waals surface area contributed by atoms with Crippen LogP contribution in [0.15, 0.2) is 24.3 Å². The van der Waals surface area contributed by atoms with Crippen molar-refractivity contribution in [1.82, 2.24) is 15.5 Å². The molecule has 0 heterocycles. The van der Waals surface area contributed by atoms with Crippen LogP contribution in [0.4, 0.5) is 4.79 Å². The molecule has 1 aromatic carbocycles. The van der Waals surface area contributed by atoms with Gasteiger partial charge in [0.05, 0.1) is 0 Å². The lowest BCUT2D eigenvalue weighted by Crippen LogP contribution is -2.54. The molecule has 0 aromatic heterocycles. The Morgan fingerprint density at radius 1 is 1.00 bits per heavy atom. The van der Waals surface area contributed by atoms with E-state index >= 15 is 0 Å². The molecule has 0 saturated carbocycles. The molecule has 0 aliphatic carbocycles. The number of carbonyl (C=O) groups is 3. The van der Waals surface area contributed by atoms with Gasteiger partial charge in [-0.3, -0.25) is 9.59 Å². The number of carbonyl (C=O) groups excluding carboxylic acids is 3. The average Bonchev–Trinajstić information content (AvgIpc) is 2.68. The van der Waals surface area contributed by atoms with Crippen molar-refractivity contribution in [3.8, 4) is 0 Å². The Morgan fingerprint density at radius 2 is 1.59 bits per heavy atom. The van der Waals surface area contributed by atoms with Crippen molar-refractivity contribution >= 4 is 17.9 Å². The van der Waals surface area contributed by atoms with Crippen molar-refractivity contribution in [2.75, 3.05) is 6.54 Å². The molecule has 34 heavy (non-hydrogen) atoms. The Hall–Kier alpha value is -2.57. The third kappa shape index (κ3) is 10.1. The number of nitrogens with one attached hydrogen (secondary N) is 2. The number of benzene rings is 1. The van der Waals surface area contributed by atoms with Crippen LogP contribution in [0.3, 0.4) is 0 Å². The number of hydrogen-bond acceptors (Lipinski definition) is 4. The molecule has 0 fully saturated rings. The normalized spacial score (nSPS) is 13.4. The zero-order valence-electron chi connectivity index (χ0n) is 22.5. The molecule has 192 valence electrons. The van der Waals surface area contributed by atoms with E-state index in [-0.39, 0.29) is 23.8 Å². The maximum absolute atomic E-state index is 13.9. The molecule has 0 bridgehead atoms. The van der Waals surface area contributed by atoms with E-state index in [0.717, 1.165) is 24.0 Å². The highest BCUT2D eigenvalue weighted by molar-refractivity contribution is 5.92. The second-order valence-corrected chi connectivity index (χ2v) is 10.7. The molecule has 2 unspecified atom stereocenters. The van der Waals surface area contributed by atoms with Crippen molar-refractivity contribution in [3.05, 3.63) is 35.4 Å². The van der Waals surface area contributed by atoms with Gasteiger partial charge in [-0.1, -0.05) is 57.0 Å². The van der Waals surface area contributed by atoms with E-state index in [0.29, 0.717) is 13.0 Å². The van der Waals surface area contributed by atoms with Gasteiger partial charge in [0.2, 0.25) is 11.8 Å². The number of hydrogen-bond donors (Lipinski definition) is 2. The molecule has 7 heteroatoms. The van der Waals surface area contributed by atoms with Crippen LogP contribution in [0.5, 0.6) is 0 Å². The maximum Gasteiger partial charge on any atom is 0.408 e. The van der Waals surface area contributed by atoms with Crippen LogP contribution in [0.25, 0.3) is 0 Å². The summed E-state index contributed by atoms with van der Waals surface area (Å²) in [5, 5.41) is 5.75. The highest BCUT2D eigenvalue weighted by Crippen LogP contribution is 2.25. The fourth-order valence-corrected chi connectivity index (χ4v) is 3.62. The highest BCUT2D eigenvalue weighted by atomic mass is 16.6. The molecule has 1 aromatic rings. The van der Waals surface area contributed by atoms with E-state index < -0.39 is 23.8 Å². The van der Waals surface area contributed by atoms with Gasteiger partial charge < -0.3 is 20.3 Å². The number of aryl methyl sites for hydroxylation is 1. The van der Waals surface area contributed by atoms with Crippen molar-refractivity contribution in [3.63, 3.8) is 0 Å². The first-order valence-corrected chi connectivity index (χ1v) is 12.4. The van der Waals surface area contributed by atoms with Gasteiger partial charge in [-0.2, -0.15) is 0 Å². The molecule has 0 aliphatic heterocycles. The van der Waals surface area contributed by atoms with Crippen molar-refractivity contribution in [1.29, 1.82) is 0 Å². The number of nitrogens with zero attached hydrogens (tertiary/aromatic N) is 1. The summed E-state index contributed by atoms with van der Waals surface area (Å²) in [6.07, 6.45) is 1.40. The predicted octanol–water partition coefficient (Wildman–Crippen LogP) is 5.13. The lowest BCUT2D eigenvalue weighted by Gasteiger charge is -2.35. The second-order valence-electron chi connectivity index (χ2n) is 10.7. The molecule has 2 N–H and O–H groups in total. The predicted molar refractivity (Wildman–Crippen MR) is 136 cm³/mol. The quantitative estimate of drug-likeness (QED) is 0.464. The molecule has 7 nitrogen and oxygen atoms in total. The molecule has 0 aliphatic rings. The van der Waals surface area contributed by atoms with Gasteiger partial charge in [-0.15, -0.1) is 0 Å². The number of alkyl carbamates (subject to hydrolysis) is 1. The van der Waals surface area contributed by atoms with E-state index in [2.05, 4.69) is 10.6 Å². The Bertz CT molecular complexity index is 797. The lowest BCUT2D eigenvalue weighted by atomic mass is 9.98. The van der Waals surface area contributed by atoms with Gasteiger partial charge in [0, 0.05) is 12.6 Å². The Kier molecular flexibility index (Phi) is 11.6. The third-order valence-corrected chi connectivity index (χ3v) is 5.12. The first kappa shape index (κ1) is 29.5. The topological polar surface area (TPSA) is 87.7 Å². The molecule has 0 spiro atoms. The Morgan fingerprint density at radius 3 is 2.06 bits per heavy atom. The van der Waals surface area contributed by atoms with Crippen LogP contribution in [0, 0.1) is 12.8 Å². The van der Waals surface area contributed by atoms with Crippen LogP contribution < -0.4 is 10.6 Å². The summed E-state index contributed by atoms with van der Waals surface area (Å²) in [5.74, 6) is -0.361. The fraction of sp³-hybridized carbons (Fsp3) is 0.667. The molecule has 3 amide bonds. The summed E-state index contributed by atoms with van der Waals surface area (Å²) in [7, 11) is 0. The molecule has 0 radical (unpaired) electrons. The zero-order valence-corrected chi connectivity index (χ0v) is 22.5. The van der Waals surface area contributed by atoms with Crippen LogP contribution in [-0.2, 0) is 14.3 Å². The van der Waals surface area contributed by atoms with Crippen LogP contribution >= 0.6 is 0 Å². The van der Waals surface area contributed by atoms with Crippen molar-refractivity contribution in [2.24, 2.45) is 5.92 Å². The number of amides is 3. The first-order chi connectivity index (χ1) is 15.7. The van der Waals surface area contributed by atoms with E-state index in [1.807, 2.05) is 65.8 Å². The number of unbranched alkanes of at least 4 members (excludes halogenated alkanes) is 1. The standard InChI is InChI=1S/C27H45N3O4/c1-10-11-16-30(23(24(31)28-19(4)5)21-14-12-20(6)13-15-21)25(32)22(17-18(2)3)29-26(33)34-27(7,8)9/h12-15,18-19,22-23H,10-11,16-17H2,1-9H3,(H,28,31)(H,29,33). The minimum atomic E-state index is -0.800. The molecule has 1 rings (SSSR count). The van der Waals surface area contributed by atoms with E-state index in [1.165, 1.54) is 0 Å². The van der Waals surface area contributed by atoms with Crippen molar-refractivity contribution in [2.45, 2.75) is 105 Å². The summed E-state index contributed by atoms with van der Waals surface area (Å²) in [5.41, 5.74) is 1.13. The van der Waals surface area contributed by atoms with E-state index in [1.54, 1.807) is 25.7 Å². The Labute approximate surface area is 206 Å². The summed E-state index contributed by atoms with van der Waals surface area (Å²) >= 11 is 0. The third-order valence-electron chi connectivity index (χ3n) is 5.12. The maximum atomic E-state index is 13.9.